The van der Waals surface area contributed by atoms with E-state index in [9.17, 15) is 4.39 Å². The van der Waals surface area contributed by atoms with Gasteiger partial charge in [-0.1, -0.05) is 6.20 Å². The van der Waals surface area contributed by atoms with Crippen molar-refractivity contribution < 1.29 is 55.8 Å². The van der Waals surface area contributed by atoms with Gasteiger partial charge in [0, 0.05) is 7.05 Å². The molecule has 8 heavy (non-hydrogen) atoms. The molecule has 0 N–H and O–H groups in total. The smallest absolute Gasteiger partial charge is 0.377 e. The number of rotatable bonds is 0. The Labute approximate surface area is 89.5 Å². The predicted octanol–water partition coefficient (Wildman–Crippen LogP) is -2.64. The maximum Gasteiger partial charge on any atom is 1.00 e. The fraction of sp³-hybridized carbons (Fsp3) is 0.250. The van der Waals surface area contributed by atoms with Gasteiger partial charge in [-0.3, -0.25) is 5.10 Å². The summed E-state index contributed by atoms with van der Waals surface area (Å²) in [7, 11) is 1.61. The summed E-state index contributed by atoms with van der Waals surface area (Å²) in [6.45, 7) is 0. The molecule has 0 aliphatic rings. The molecule has 1 aromatic heterocycles. The minimum Gasteiger partial charge on any atom is -0.377 e. The van der Waals surface area contributed by atoms with Gasteiger partial charge in [-0.15, -0.1) is 6.20 Å². The maximum absolute atomic E-state index is 11.8. The molecule has 0 aliphatic carbocycles. The van der Waals surface area contributed by atoms with E-state index in [1.54, 1.807) is 7.05 Å². The van der Waals surface area contributed by atoms with Gasteiger partial charge >= 0.3 is 51.4 Å². The van der Waals surface area contributed by atoms with Crippen molar-refractivity contribution in [3.05, 3.63) is 18.2 Å². The molecule has 1 heterocycles. The fourth-order valence-electron chi connectivity index (χ4n) is 0.350. The molecule has 0 aliphatic heterocycles. The third-order valence-corrected chi connectivity index (χ3v) is 0.613. The van der Waals surface area contributed by atoms with Crippen molar-refractivity contribution in [3.63, 3.8) is 0 Å². The first-order valence-electron chi connectivity index (χ1n) is 1.86. The maximum atomic E-state index is 11.8. The van der Waals surface area contributed by atoms with Gasteiger partial charge in [-0.25, -0.2) is 4.39 Å². The second-order valence-electron chi connectivity index (χ2n) is 1.23. The van der Waals surface area contributed by atoms with Crippen molar-refractivity contribution in [2.75, 3.05) is 0 Å². The molecule has 0 radical (unpaired) electrons. The Morgan fingerprint density at radius 2 is 2.50 bits per heavy atom. The monoisotopic (exact) mass is 138 g/mol. The molecule has 1 rings (SSSR count). The number of hydrogen-bond acceptors (Lipinski definition) is 1. The van der Waals surface area contributed by atoms with Crippen molar-refractivity contribution in [2.24, 2.45) is 7.05 Å². The molecular formula is C4H4FKN2. The first kappa shape index (κ1) is 8.78. The van der Waals surface area contributed by atoms with E-state index < -0.39 is 5.82 Å². The SMILES string of the molecule is Cn1[c-]c(F)cn1.[K+]. The molecule has 0 fully saturated rings. The predicted molar refractivity (Wildman–Crippen MR) is 22.0 cm³/mol. The zero-order valence-electron chi connectivity index (χ0n) is 4.85. The number of hydrogen-bond donors (Lipinski definition) is 0. The van der Waals surface area contributed by atoms with Crippen LogP contribution in [-0.2, 0) is 7.05 Å². The third kappa shape index (κ3) is 2.37. The van der Waals surface area contributed by atoms with Crippen LogP contribution in [0.25, 0.3) is 0 Å². The number of aryl methyl sites for hydroxylation is 1. The van der Waals surface area contributed by atoms with Crippen LogP contribution in [0.1, 0.15) is 0 Å². The summed E-state index contributed by atoms with van der Waals surface area (Å²) in [6.07, 6.45) is 3.39. The van der Waals surface area contributed by atoms with E-state index in [1.165, 1.54) is 4.68 Å². The molecule has 2 nitrogen and oxygen atoms in total. The number of nitrogens with zero attached hydrogens (tertiary/aromatic N) is 2. The first-order valence-corrected chi connectivity index (χ1v) is 1.86. The van der Waals surface area contributed by atoms with Crippen molar-refractivity contribution in [1.29, 1.82) is 0 Å². The van der Waals surface area contributed by atoms with Crippen LogP contribution < -0.4 is 51.4 Å². The average Bonchev–Trinajstić information content (AvgIpc) is 1.87. The molecule has 0 aromatic carbocycles. The quantitative estimate of drug-likeness (QED) is 0.283. The van der Waals surface area contributed by atoms with E-state index in [0.717, 1.165) is 6.20 Å². The number of halogens is 1. The Hall–Kier alpha value is 0.776. The van der Waals surface area contributed by atoms with Crippen LogP contribution in [0.4, 0.5) is 4.39 Å². The molecule has 0 unspecified atom stereocenters. The number of aromatic nitrogens is 2. The second-order valence-corrected chi connectivity index (χ2v) is 1.23. The van der Waals surface area contributed by atoms with Gasteiger partial charge in [-0.05, 0) is 5.82 Å². The minimum absolute atomic E-state index is 0. The van der Waals surface area contributed by atoms with Crippen LogP contribution in [0.2, 0.25) is 0 Å². The average molecular weight is 138 g/mol. The van der Waals surface area contributed by atoms with E-state index in [2.05, 4.69) is 11.3 Å². The van der Waals surface area contributed by atoms with Gasteiger partial charge in [0.25, 0.3) is 0 Å². The van der Waals surface area contributed by atoms with Gasteiger partial charge in [0.1, 0.15) is 0 Å². The molecule has 0 atom stereocenters. The van der Waals surface area contributed by atoms with E-state index in [0.29, 0.717) is 0 Å². The van der Waals surface area contributed by atoms with E-state index in [1.807, 2.05) is 0 Å². The molecule has 0 saturated carbocycles. The largest absolute Gasteiger partial charge is 1.00 e. The summed E-state index contributed by atoms with van der Waals surface area (Å²) in [5.41, 5.74) is 0. The zero-order chi connectivity index (χ0) is 5.28. The van der Waals surface area contributed by atoms with Crippen LogP contribution in [-0.4, -0.2) is 9.78 Å². The minimum atomic E-state index is -0.414. The van der Waals surface area contributed by atoms with E-state index in [-0.39, 0.29) is 51.4 Å². The topological polar surface area (TPSA) is 17.8 Å². The second kappa shape index (κ2) is 3.74. The van der Waals surface area contributed by atoms with Gasteiger partial charge < -0.3 is 4.68 Å². The Bertz CT molecular complexity index is 146. The van der Waals surface area contributed by atoms with Crippen LogP contribution in [0.3, 0.4) is 0 Å². The van der Waals surface area contributed by atoms with Gasteiger partial charge in [0.05, 0.1) is 0 Å². The molecule has 0 spiro atoms. The summed E-state index contributed by atoms with van der Waals surface area (Å²) in [5, 5.41) is 3.50. The van der Waals surface area contributed by atoms with Gasteiger partial charge in [-0.2, -0.15) is 0 Å². The summed E-state index contributed by atoms with van der Waals surface area (Å²) in [6, 6.07) is 0. The Balaban J connectivity index is 0.000000490. The first-order chi connectivity index (χ1) is 3.29. The molecule has 0 saturated heterocycles. The van der Waals surface area contributed by atoms with Crippen LogP contribution in [0.15, 0.2) is 6.20 Å². The van der Waals surface area contributed by atoms with E-state index >= 15 is 0 Å². The van der Waals surface area contributed by atoms with Crippen molar-refractivity contribution in [3.8, 4) is 0 Å². The standard InChI is InChI=1S/C4H4FN2.K/c1-7-3-4(5)2-6-7;/h2H,1H3;/q-1;+1. The molecule has 0 bridgehead atoms. The Morgan fingerprint density at radius 3 is 2.62 bits per heavy atom. The molecule has 4 heteroatoms. The summed E-state index contributed by atoms with van der Waals surface area (Å²) < 4.78 is 13.1. The van der Waals surface area contributed by atoms with E-state index in [4.69, 9.17) is 0 Å². The zero-order valence-corrected chi connectivity index (χ0v) is 7.97. The van der Waals surface area contributed by atoms with Crippen LogP contribution in [0, 0.1) is 12.0 Å². The molecule has 38 valence electrons. The van der Waals surface area contributed by atoms with Crippen molar-refractivity contribution in [2.45, 2.75) is 0 Å². The van der Waals surface area contributed by atoms with Crippen molar-refractivity contribution in [1.82, 2.24) is 9.78 Å². The Kier molecular flexibility index (Phi) is 4.10. The summed E-state index contributed by atoms with van der Waals surface area (Å²) in [4.78, 5) is 0. The summed E-state index contributed by atoms with van der Waals surface area (Å²) in [5.74, 6) is -0.414. The molecule has 0 amide bonds. The molecule has 1 aromatic rings. The fourth-order valence-corrected chi connectivity index (χ4v) is 0.350. The van der Waals surface area contributed by atoms with Crippen molar-refractivity contribution >= 4 is 0 Å². The van der Waals surface area contributed by atoms with Crippen LogP contribution >= 0.6 is 0 Å². The van der Waals surface area contributed by atoms with Gasteiger partial charge in [0.15, 0.2) is 0 Å². The normalized spacial score (nSPS) is 8.25. The van der Waals surface area contributed by atoms with Gasteiger partial charge in [0.2, 0.25) is 0 Å². The summed E-state index contributed by atoms with van der Waals surface area (Å²) >= 11 is 0. The third-order valence-electron chi connectivity index (χ3n) is 0.613. The molecular weight excluding hydrogens is 134 g/mol. The Morgan fingerprint density at radius 1 is 1.88 bits per heavy atom. The van der Waals surface area contributed by atoms with Crippen LogP contribution in [0.5, 0.6) is 0 Å².